The number of carboxylic acids is 1. The summed E-state index contributed by atoms with van der Waals surface area (Å²) in [6, 6.07) is 14.0. The van der Waals surface area contributed by atoms with Crippen molar-refractivity contribution in [3.8, 4) is 0 Å². The number of benzene rings is 2. The first-order valence-electron chi connectivity index (χ1n) is 5.85. The van der Waals surface area contributed by atoms with Crippen molar-refractivity contribution in [1.29, 1.82) is 0 Å². The molecule has 0 saturated carbocycles. The predicted molar refractivity (Wildman–Crippen MR) is 77.9 cm³/mol. The van der Waals surface area contributed by atoms with Gasteiger partial charge in [-0.05, 0) is 0 Å². The molecule has 0 atom stereocenters. The van der Waals surface area contributed by atoms with Crippen LogP contribution in [-0.4, -0.2) is 38.4 Å². The first-order chi connectivity index (χ1) is 9.16. The molecule has 0 bridgehead atoms. The number of rotatable bonds is 4. The van der Waals surface area contributed by atoms with E-state index in [0.717, 1.165) is 16.5 Å². The number of nitrogens with one attached hydrogen (secondary N) is 1. The van der Waals surface area contributed by atoms with Gasteiger partial charge in [0, 0.05) is 0 Å². The minimum absolute atomic E-state index is 0.0302. The summed E-state index contributed by atoms with van der Waals surface area (Å²) in [4.78, 5) is 14.5. The van der Waals surface area contributed by atoms with E-state index in [4.69, 9.17) is 5.11 Å². The number of carboxylic acid groups (broad SMARTS) is 1. The first kappa shape index (κ1) is 13.6. The summed E-state index contributed by atoms with van der Waals surface area (Å²) < 4.78 is 0.595. The van der Waals surface area contributed by atoms with Gasteiger partial charge in [-0.3, -0.25) is 0 Å². The van der Waals surface area contributed by atoms with Gasteiger partial charge in [0.25, 0.3) is 0 Å². The molecule has 0 aliphatic carbocycles. The molecule has 2 aromatic rings. The molecule has 0 aromatic heterocycles. The number of hydrogen-bond donors (Lipinski definition) is 2. The van der Waals surface area contributed by atoms with Crippen LogP contribution in [0.1, 0.15) is 6.42 Å². The zero-order valence-electron chi connectivity index (χ0n) is 10.2. The van der Waals surface area contributed by atoms with Crippen LogP contribution >= 0.6 is 0 Å². The van der Waals surface area contributed by atoms with Crippen LogP contribution in [0.4, 0.5) is 5.69 Å². The van der Waals surface area contributed by atoms with Gasteiger partial charge in [-0.1, -0.05) is 0 Å². The van der Waals surface area contributed by atoms with E-state index < -0.39 is 5.97 Å². The summed E-state index contributed by atoms with van der Waals surface area (Å²) in [6.07, 6.45) is 0.0302. The van der Waals surface area contributed by atoms with Gasteiger partial charge < -0.3 is 0 Å². The van der Waals surface area contributed by atoms with Crippen molar-refractivity contribution in [1.82, 2.24) is 0 Å². The Labute approximate surface area is 119 Å². The van der Waals surface area contributed by atoms with Crippen LogP contribution in [0.25, 0.3) is 10.8 Å². The summed E-state index contributed by atoms with van der Waals surface area (Å²) >= 11 is 2.81. The van der Waals surface area contributed by atoms with Gasteiger partial charge in [0.15, 0.2) is 0 Å². The minimum atomic E-state index is -0.846. The first-order valence-corrected chi connectivity index (χ1v) is 6.70. The van der Waals surface area contributed by atoms with Crippen LogP contribution < -0.4 is 5.32 Å². The zero-order chi connectivity index (χ0) is 13.7. The summed E-state index contributed by atoms with van der Waals surface area (Å²) in [5.41, 5.74) is 0.950. The Morgan fingerprint density at radius 1 is 1.21 bits per heavy atom. The van der Waals surface area contributed by atoms with Crippen molar-refractivity contribution in [3.63, 3.8) is 0 Å². The third-order valence-electron chi connectivity index (χ3n) is 2.61. The molecule has 2 aromatic carbocycles. The van der Waals surface area contributed by atoms with E-state index >= 15 is 0 Å². The third-order valence-corrected chi connectivity index (χ3v) is 3.10. The Bertz CT molecular complexity index is 620. The molecule has 0 spiro atoms. The number of fused-ring (bicyclic) bond motifs is 1. The van der Waals surface area contributed by atoms with Crippen molar-refractivity contribution in [3.05, 3.63) is 42.5 Å². The van der Waals surface area contributed by atoms with Gasteiger partial charge >= 0.3 is 119 Å². The molecule has 0 fully saturated rings. The maximum absolute atomic E-state index is 10.4. The van der Waals surface area contributed by atoms with Crippen LogP contribution in [0.2, 0.25) is 0 Å². The molecule has 0 aliphatic heterocycles. The fraction of sp³-hybridized carbons (Fsp3) is 0.143. The van der Waals surface area contributed by atoms with Crippen molar-refractivity contribution >= 4 is 43.2 Å². The Hall–Kier alpha value is -1.84. The molecule has 0 unspecified atom stereocenters. The van der Waals surface area contributed by atoms with Crippen LogP contribution in [0.5, 0.6) is 0 Å². The molecular formula is C14H13N2O2Se. The number of aliphatic carboxylic acids is 1. The monoisotopic (exact) mass is 321 g/mol. The molecule has 0 heterocycles. The fourth-order valence-electron chi connectivity index (χ4n) is 1.74. The van der Waals surface area contributed by atoms with E-state index in [-0.39, 0.29) is 13.0 Å². The number of amidine groups is 1. The van der Waals surface area contributed by atoms with Gasteiger partial charge in [-0.25, -0.2) is 0 Å². The topological polar surface area (TPSA) is 61.7 Å². The summed E-state index contributed by atoms with van der Waals surface area (Å²) in [5, 5.41) is 14.0. The molecule has 2 N–H and O–H groups in total. The van der Waals surface area contributed by atoms with E-state index in [0.29, 0.717) is 4.73 Å². The normalized spacial score (nSPS) is 11.5. The standard InChI is InChI=1S/C14H13N2O2Se/c17-13(18)8-9-15-14(19)16-12-7-3-5-10-4-1-2-6-11(10)12/h1-7H,8-9H2,(H,15,16)(H,17,18). The molecule has 0 saturated heterocycles. The van der Waals surface area contributed by atoms with Crippen LogP contribution in [0, 0.1) is 0 Å². The number of carbonyl (C=O) groups is 1. The Balaban J connectivity index is 2.15. The summed E-state index contributed by atoms with van der Waals surface area (Å²) in [5.74, 6) is -0.846. The average molecular weight is 320 g/mol. The van der Waals surface area contributed by atoms with E-state index in [1.807, 2.05) is 42.5 Å². The predicted octanol–water partition coefficient (Wildman–Crippen LogP) is 2.25. The van der Waals surface area contributed by atoms with Crippen molar-refractivity contribution in [2.24, 2.45) is 4.99 Å². The molecule has 97 valence electrons. The van der Waals surface area contributed by atoms with Gasteiger partial charge in [-0.2, -0.15) is 0 Å². The second-order valence-corrected chi connectivity index (χ2v) is 4.79. The number of hydrogen-bond acceptors (Lipinski definition) is 2. The third kappa shape index (κ3) is 3.81. The molecule has 19 heavy (non-hydrogen) atoms. The van der Waals surface area contributed by atoms with Gasteiger partial charge in [0.05, 0.1) is 0 Å². The number of aliphatic imine (C=N–C) groups is 1. The number of anilines is 1. The Morgan fingerprint density at radius 2 is 1.95 bits per heavy atom. The van der Waals surface area contributed by atoms with Crippen LogP contribution in [-0.2, 0) is 4.79 Å². The quantitative estimate of drug-likeness (QED) is 0.516. The molecule has 2 rings (SSSR count). The Morgan fingerprint density at radius 3 is 2.74 bits per heavy atom. The molecule has 5 heteroatoms. The van der Waals surface area contributed by atoms with Crippen molar-refractivity contribution < 1.29 is 9.90 Å². The van der Waals surface area contributed by atoms with Crippen LogP contribution in [0.3, 0.4) is 0 Å². The van der Waals surface area contributed by atoms with Crippen molar-refractivity contribution in [2.45, 2.75) is 6.42 Å². The van der Waals surface area contributed by atoms with Crippen molar-refractivity contribution in [2.75, 3.05) is 11.9 Å². The summed E-state index contributed by atoms with van der Waals surface area (Å²) in [6.45, 7) is 0.259. The van der Waals surface area contributed by atoms with E-state index in [1.165, 1.54) is 0 Å². The average Bonchev–Trinajstić information content (AvgIpc) is 2.39. The molecular weight excluding hydrogens is 307 g/mol. The Kier molecular flexibility index (Phi) is 4.55. The molecule has 4 nitrogen and oxygen atoms in total. The van der Waals surface area contributed by atoms with Crippen LogP contribution in [0.15, 0.2) is 47.5 Å². The maximum atomic E-state index is 10.4. The number of nitrogens with zero attached hydrogens (tertiary/aromatic N) is 1. The summed E-state index contributed by atoms with van der Waals surface area (Å²) in [7, 11) is 0. The fourth-order valence-corrected chi connectivity index (χ4v) is 2.16. The van der Waals surface area contributed by atoms with Gasteiger partial charge in [0.2, 0.25) is 0 Å². The second kappa shape index (κ2) is 6.36. The van der Waals surface area contributed by atoms with E-state index in [2.05, 4.69) is 26.3 Å². The molecule has 0 amide bonds. The van der Waals surface area contributed by atoms with Gasteiger partial charge in [-0.15, -0.1) is 0 Å². The molecule has 1 radical (unpaired) electrons. The van der Waals surface area contributed by atoms with Gasteiger partial charge in [0.1, 0.15) is 0 Å². The second-order valence-electron chi connectivity index (χ2n) is 3.98. The zero-order valence-corrected chi connectivity index (χ0v) is 11.9. The van der Waals surface area contributed by atoms with E-state index in [9.17, 15) is 4.79 Å². The van der Waals surface area contributed by atoms with E-state index in [1.54, 1.807) is 0 Å². The SMILES string of the molecule is O=C(O)CCN=C([Se])Nc1cccc2ccccc12. The molecule has 0 aliphatic rings.